The Bertz CT molecular complexity index is 218. The molecule has 0 atom stereocenters. The second kappa shape index (κ2) is 3.88. The van der Waals surface area contributed by atoms with Crippen molar-refractivity contribution in [1.82, 2.24) is 0 Å². The first-order valence-electron chi connectivity index (χ1n) is 3.37. The van der Waals surface area contributed by atoms with Crippen LogP contribution >= 0.6 is 15.9 Å². The molecule has 1 radical (unpaired) electrons. The van der Waals surface area contributed by atoms with Crippen LogP contribution < -0.4 is 0 Å². The highest BCUT2D eigenvalue weighted by Gasteiger charge is 2.02. The largest absolute Gasteiger partial charge is 0.370 e. The van der Waals surface area contributed by atoms with Gasteiger partial charge in [0.15, 0.2) is 0 Å². The summed E-state index contributed by atoms with van der Waals surface area (Å²) in [5, 5.41) is 0. The summed E-state index contributed by atoms with van der Waals surface area (Å²) in [7, 11) is 1.68. The number of halogens is 1. The van der Waals surface area contributed by atoms with Crippen molar-refractivity contribution in [2.45, 2.75) is 6.92 Å². The number of rotatable bonds is 2. The molecule has 1 nitrogen and oxygen atoms in total. The molecule has 0 aliphatic carbocycles. The highest BCUT2D eigenvalue weighted by atomic mass is 79.9. The zero-order chi connectivity index (χ0) is 8.27. The number of methoxy groups -OCH3 is 1. The van der Waals surface area contributed by atoms with E-state index < -0.39 is 0 Å². The van der Waals surface area contributed by atoms with Crippen LogP contribution in [0.2, 0.25) is 0 Å². The molecule has 0 saturated carbocycles. The van der Waals surface area contributed by atoms with Crippen molar-refractivity contribution in [2.75, 3.05) is 7.11 Å². The fourth-order valence-corrected chi connectivity index (χ4v) is 1.07. The van der Waals surface area contributed by atoms with Crippen molar-refractivity contribution in [2.24, 2.45) is 0 Å². The van der Waals surface area contributed by atoms with Crippen molar-refractivity contribution >= 4 is 15.9 Å². The van der Waals surface area contributed by atoms with Gasteiger partial charge in [-0.25, -0.2) is 0 Å². The Balaban J connectivity index is 2.81. The fourth-order valence-electron chi connectivity index (χ4n) is 0.802. The summed E-state index contributed by atoms with van der Waals surface area (Å²) in [5.74, 6) is 0. The Hall–Kier alpha value is -0.340. The third-order valence-electron chi connectivity index (χ3n) is 1.56. The minimum atomic E-state index is 0.942. The lowest BCUT2D eigenvalue weighted by Crippen LogP contribution is -1.95. The smallest absolute Gasteiger partial charge is 0.123 e. The van der Waals surface area contributed by atoms with Gasteiger partial charge in [0.2, 0.25) is 0 Å². The Morgan fingerprint density at radius 1 is 1.27 bits per heavy atom. The molecule has 2 heteroatoms. The molecule has 11 heavy (non-hydrogen) atoms. The van der Waals surface area contributed by atoms with Gasteiger partial charge in [-0.1, -0.05) is 28.1 Å². The third kappa shape index (κ3) is 2.31. The standard InChI is InChI=1S/C9H10BrO/c1-7(11-2)8-3-5-9(10)6-4-8/h3-6H,1-2H3. The minimum absolute atomic E-state index is 0.942. The molecule has 59 valence electrons. The molecule has 0 amide bonds. The molecular formula is C9H10BrO. The normalized spacial score (nSPS) is 10.5. The predicted octanol–water partition coefficient (Wildman–Crippen LogP) is 3.00. The second-order valence-electron chi connectivity index (χ2n) is 2.27. The molecule has 0 aliphatic heterocycles. The van der Waals surface area contributed by atoms with Crippen LogP contribution in [0.15, 0.2) is 28.7 Å². The molecular weight excluding hydrogens is 204 g/mol. The highest BCUT2D eigenvalue weighted by Crippen LogP contribution is 2.17. The van der Waals surface area contributed by atoms with Gasteiger partial charge < -0.3 is 4.74 Å². The summed E-state index contributed by atoms with van der Waals surface area (Å²) < 4.78 is 6.17. The van der Waals surface area contributed by atoms with Gasteiger partial charge >= 0.3 is 0 Å². The SMILES string of the molecule is CO[C](C)c1ccc(Br)cc1. The van der Waals surface area contributed by atoms with Gasteiger partial charge in [-0.3, -0.25) is 0 Å². The lowest BCUT2D eigenvalue weighted by molar-refractivity contribution is 0.236. The van der Waals surface area contributed by atoms with Gasteiger partial charge in [-0.05, 0) is 24.6 Å². The summed E-state index contributed by atoms with van der Waals surface area (Å²) in [4.78, 5) is 0. The summed E-state index contributed by atoms with van der Waals surface area (Å²) in [6, 6.07) is 8.03. The molecule has 0 spiro atoms. The average Bonchev–Trinajstić information content (AvgIpc) is 2.05. The number of ether oxygens (including phenoxy) is 1. The van der Waals surface area contributed by atoms with E-state index in [1.807, 2.05) is 31.2 Å². The highest BCUT2D eigenvalue weighted by molar-refractivity contribution is 9.10. The van der Waals surface area contributed by atoms with Crippen LogP contribution in [-0.4, -0.2) is 7.11 Å². The predicted molar refractivity (Wildman–Crippen MR) is 49.2 cm³/mol. The molecule has 0 fully saturated rings. The van der Waals surface area contributed by atoms with E-state index in [-0.39, 0.29) is 0 Å². The maximum absolute atomic E-state index is 5.08. The number of hydrogen-bond donors (Lipinski definition) is 0. The Morgan fingerprint density at radius 3 is 2.27 bits per heavy atom. The monoisotopic (exact) mass is 213 g/mol. The molecule has 1 aromatic carbocycles. The maximum atomic E-state index is 5.08. The van der Waals surface area contributed by atoms with Crippen molar-refractivity contribution in [3.8, 4) is 0 Å². The lowest BCUT2D eigenvalue weighted by atomic mass is 10.1. The Kier molecular flexibility index (Phi) is 3.09. The average molecular weight is 214 g/mol. The van der Waals surface area contributed by atoms with E-state index in [4.69, 9.17) is 4.74 Å². The van der Waals surface area contributed by atoms with Gasteiger partial charge in [0, 0.05) is 11.6 Å². The zero-order valence-electron chi connectivity index (χ0n) is 6.60. The second-order valence-corrected chi connectivity index (χ2v) is 3.18. The number of benzene rings is 1. The van der Waals surface area contributed by atoms with E-state index in [1.54, 1.807) is 7.11 Å². The molecule has 0 saturated heterocycles. The minimum Gasteiger partial charge on any atom is -0.370 e. The van der Waals surface area contributed by atoms with E-state index in [0.717, 1.165) is 16.1 Å². The van der Waals surface area contributed by atoms with Crippen molar-refractivity contribution in [1.29, 1.82) is 0 Å². The molecule has 1 aromatic rings. The summed E-state index contributed by atoms with van der Waals surface area (Å²) in [5.41, 5.74) is 1.12. The van der Waals surface area contributed by atoms with Gasteiger partial charge in [-0.2, -0.15) is 0 Å². The molecule has 1 rings (SSSR count). The van der Waals surface area contributed by atoms with E-state index >= 15 is 0 Å². The summed E-state index contributed by atoms with van der Waals surface area (Å²) in [6.07, 6.45) is 0.942. The molecule has 0 aromatic heterocycles. The van der Waals surface area contributed by atoms with E-state index in [9.17, 15) is 0 Å². The fraction of sp³-hybridized carbons (Fsp3) is 0.222. The van der Waals surface area contributed by atoms with Crippen LogP contribution in [-0.2, 0) is 4.74 Å². The quantitative estimate of drug-likeness (QED) is 0.735. The third-order valence-corrected chi connectivity index (χ3v) is 2.09. The van der Waals surface area contributed by atoms with Crippen LogP contribution in [0.1, 0.15) is 12.5 Å². The molecule has 0 heterocycles. The summed E-state index contributed by atoms with van der Waals surface area (Å²) >= 11 is 3.37. The van der Waals surface area contributed by atoms with Gasteiger partial charge in [0.1, 0.15) is 6.10 Å². The van der Waals surface area contributed by atoms with E-state index in [1.165, 1.54) is 0 Å². The van der Waals surface area contributed by atoms with E-state index in [0.29, 0.717) is 0 Å². The van der Waals surface area contributed by atoms with Crippen molar-refractivity contribution in [3.63, 3.8) is 0 Å². The number of hydrogen-bond acceptors (Lipinski definition) is 1. The summed E-state index contributed by atoms with van der Waals surface area (Å²) in [6.45, 7) is 1.95. The van der Waals surface area contributed by atoms with Crippen molar-refractivity contribution < 1.29 is 4.74 Å². The van der Waals surface area contributed by atoms with Gasteiger partial charge in [0.05, 0.1) is 0 Å². The van der Waals surface area contributed by atoms with Crippen LogP contribution in [0, 0.1) is 6.10 Å². The van der Waals surface area contributed by atoms with Crippen LogP contribution in [0.5, 0.6) is 0 Å². The first-order valence-corrected chi connectivity index (χ1v) is 4.17. The van der Waals surface area contributed by atoms with Gasteiger partial charge in [0.25, 0.3) is 0 Å². The zero-order valence-corrected chi connectivity index (χ0v) is 8.18. The Morgan fingerprint density at radius 2 is 1.82 bits per heavy atom. The first kappa shape index (κ1) is 8.75. The molecule has 0 aliphatic rings. The topological polar surface area (TPSA) is 9.23 Å². The Labute approximate surface area is 75.5 Å². The maximum Gasteiger partial charge on any atom is 0.123 e. The first-order chi connectivity index (χ1) is 5.24. The van der Waals surface area contributed by atoms with Crippen LogP contribution in [0.25, 0.3) is 0 Å². The lowest BCUT2D eigenvalue weighted by Gasteiger charge is -2.07. The molecule has 0 bridgehead atoms. The van der Waals surface area contributed by atoms with Crippen molar-refractivity contribution in [3.05, 3.63) is 40.4 Å². The van der Waals surface area contributed by atoms with Gasteiger partial charge in [-0.15, -0.1) is 0 Å². The van der Waals surface area contributed by atoms with Crippen LogP contribution in [0.3, 0.4) is 0 Å². The molecule has 0 unspecified atom stereocenters. The van der Waals surface area contributed by atoms with E-state index in [2.05, 4.69) is 15.9 Å². The van der Waals surface area contributed by atoms with Crippen LogP contribution in [0.4, 0.5) is 0 Å². The molecule has 0 N–H and O–H groups in total.